The largest absolute Gasteiger partial charge is 0.444 e. The van der Waals surface area contributed by atoms with E-state index in [1.807, 2.05) is 45.0 Å². The van der Waals surface area contributed by atoms with Crippen LogP contribution in [-0.2, 0) is 32.4 Å². The molecule has 0 fully saturated rings. The number of amides is 2. The number of carbonyl (C=O) groups excluding carboxylic acids is 2. The van der Waals surface area contributed by atoms with Gasteiger partial charge in [-0.25, -0.2) is 17.9 Å². The van der Waals surface area contributed by atoms with Gasteiger partial charge in [0.2, 0.25) is 15.9 Å². The highest BCUT2D eigenvalue weighted by atomic mass is 35.5. The smallest absolute Gasteiger partial charge is 0.407 e. The number of unbranched alkanes of at least 4 members (excludes halogenated alkanes) is 3. The summed E-state index contributed by atoms with van der Waals surface area (Å²) in [6.07, 6.45) is 5.64. The first-order valence-corrected chi connectivity index (χ1v) is 17.8. The Balaban J connectivity index is 1.19. The van der Waals surface area contributed by atoms with Crippen LogP contribution in [0.5, 0.6) is 0 Å². The summed E-state index contributed by atoms with van der Waals surface area (Å²) in [5.74, 6) is -0.126. The fourth-order valence-electron chi connectivity index (χ4n) is 5.36. The summed E-state index contributed by atoms with van der Waals surface area (Å²) in [4.78, 5) is 26.4. The predicted octanol–water partition coefficient (Wildman–Crippen LogP) is 7.36. The lowest BCUT2D eigenvalue weighted by molar-refractivity contribution is -0.116. The van der Waals surface area contributed by atoms with Crippen LogP contribution in [-0.4, -0.2) is 45.7 Å². The minimum atomic E-state index is -3.72. The zero-order valence-electron chi connectivity index (χ0n) is 26.9. The summed E-state index contributed by atoms with van der Waals surface area (Å²) < 4.78 is 33.9. The molecular weight excluding hydrogens is 624 g/mol. The molecule has 0 atom stereocenters. The third kappa shape index (κ3) is 10.7. The number of anilines is 3. The van der Waals surface area contributed by atoms with E-state index < -0.39 is 21.7 Å². The number of hydrogen-bond acceptors (Lipinski definition) is 6. The van der Waals surface area contributed by atoms with E-state index >= 15 is 0 Å². The van der Waals surface area contributed by atoms with Gasteiger partial charge in [0.05, 0.1) is 4.90 Å². The molecule has 0 saturated carbocycles. The quantitative estimate of drug-likeness (QED) is 0.155. The van der Waals surface area contributed by atoms with Gasteiger partial charge in [-0.15, -0.1) is 0 Å². The second-order valence-corrected chi connectivity index (χ2v) is 14.7. The number of nitrogens with zero attached hydrogens (tertiary/aromatic N) is 1. The van der Waals surface area contributed by atoms with E-state index in [0.29, 0.717) is 36.6 Å². The predicted molar refractivity (Wildman–Crippen MR) is 185 cm³/mol. The first kappa shape index (κ1) is 35.3. The molecule has 248 valence electrons. The molecule has 0 unspecified atom stereocenters. The lowest BCUT2D eigenvalue weighted by Gasteiger charge is -2.27. The average molecular weight is 669 g/mol. The molecule has 1 aliphatic rings. The topological polar surface area (TPSA) is 117 Å². The zero-order chi connectivity index (χ0) is 33.2. The van der Waals surface area contributed by atoms with Crippen LogP contribution in [0.3, 0.4) is 0 Å². The number of aryl methyl sites for hydroxylation is 2. The fourth-order valence-corrected chi connectivity index (χ4v) is 6.60. The average Bonchev–Trinajstić information content (AvgIpc) is 3.14. The van der Waals surface area contributed by atoms with Crippen LogP contribution in [0.1, 0.15) is 70.4 Å². The molecule has 0 radical (unpaired) electrons. The molecule has 3 N–H and O–H groups in total. The molecular formula is C35H45ClN4O5S. The molecule has 0 bridgehead atoms. The minimum absolute atomic E-state index is 0.126. The van der Waals surface area contributed by atoms with Crippen LogP contribution < -0.4 is 20.3 Å². The fraction of sp³-hybridized carbons (Fsp3) is 0.429. The van der Waals surface area contributed by atoms with Crippen molar-refractivity contribution in [1.82, 2.24) is 10.0 Å². The molecule has 0 aromatic heterocycles. The Kier molecular flexibility index (Phi) is 12.5. The molecule has 46 heavy (non-hydrogen) atoms. The molecule has 3 aromatic rings. The SMILES string of the molecule is CC(C)(C)OC(=O)NCCCCCCC(=O)Nc1ccc(S(=O)(=O)NCCCN2c3ccccc3CCc3ccc(Cl)cc32)cc1. The molecule has 1 aliphatic heterocycles. The Hall–Kier alpha value is -3.60. The van der Waals surface area contributed by atoms with E-state index in [9.17, 15) is 18.0 Å². The van der Waals surface area contributed by atoms with E-state index in [-0.39, 0.29) is 17.3 Å². The van der Waals surface area contributed by atoms with Crippen LogP contribution >= 0.6 is 11.6 Å². The summed E-state index contributed by atoms with van der Waals surface area (Å²) in [5, 5.41) is 6.23. The number of hydrogen-bond donors (Lipinski definition) is 3. The first-order chi connectivity index (χ1) is 21.9. The number of halogens is 1. The highest BCUT2D eigenvalue weighted by molar-refractivity contribution is 7.89. The molecule has 4 rings (SSSR count). The van der Waals surface area contributed by atoms with E-state index in [1.165, 1.54) is 23.3 Å². The van der Waals surface area contributed by atoms with Gasteiger partial charge >= 0.3 is 6.09 Å². The number of ether oxygens (including phenoxy) is 1. The van der Waals surface area contributed by atoms with Crippen LogP contribution in [0.2, 0.25) is 5.02 Å². The van der Waals surface area contributed by atoms with Gasteiger partial charge in [0, 0.05) is 48.1 Å². The summed E-state index contributed by atoms with van der Waals surface area (Å²) in [5.41, 5.74) is 4.68. The van der Waals surface area contributed by atoms with Crippen LogP contribution in [0.25, 0.3) is 0 Å². The van der Waals surface area contributed by atoms with Crippen LogP contribution in [0.4, 0.5) is 21.9 Å². The van der Waals surface area contributed by atoms with Gasteiger partial charge in [-0.05, 0) is 106 Å². The van der Waals surface area contributed by atoms with Gasteiger partial charge in [-0.2, -0.15) is 0 Å². The number of rotatable bonds is 14. The number of para-hydroxylation sites is 1. The Morgan fingerprint density at radius 1 is 0.848 bits per heavy atom. The van der Waals surface area contributed by atoms with E-state index in [1.54, 1.807) is 12.1 Å². The Morgan fingerprint density at radius 2 is 1.54 bits per heavy atom. The standard InChI is InChI=1S/C35H45ClN4O5S/c1-35(2,3)45-34(42)37-22-9-5-4-6-13-33(41)39-29-18-20-30(21-19-29)46(43,44)38-23-10-24-40-31-12-8-7-11-26(31)14-15-27-16-17-28(36)25-32(27)40/h7-8,11-12,16-21,25,38H,4-6,9-10,13-15,22-24H2,1-3H3,(H,37,42)(H,39,41). The monoisotopic (exact) mass is 668 g/mol. The first-order valence-electron chi connectivity index (χ1n) is 15.9. The number of alkyl carbamates (subject to hydrolysis) is 1. The Bertz CT molecular complexity index is 1590. The lowest BCUT2D eigenvalue weighted by Crippen LogP contribution is -2.32. The normalized spacial score (nSPS) is 12.9. The molecule has 9 nitrogen and oxygen atoms in total. The molecule has 1 heterocycles. The van der Waals surface area contributed by atoms with Crippen molar-refractivity contribution in [3.05, 3.63) is 82.9 Å². The highest BCUT2D eigenvalue weighted by Crippen LogP contribution is 2.37. The number of nitrogens with one attached hydrogen (secondary N) is 3. The minimum Gasteiger partial charge on any atom is -0.444 e. The van der Waals surface area contributed by atoms with Crippen molar-refractivity contribution >= 4 is 50.7 Å². The number of benzene rings is 3. The maximum atomic E-state index is 13.0. The molecule has 0 spiro atoms. The van der Waals surface area contributed by atoms with Crippen LogP contribution in [0, 0.1) is 0 Å². The third-order valence-corrected chi connectivity index (χ3v) is 9.29. The third-order valence-electron chi connectivity index (χ3n) is 7.58. The van der Waals surface area contributed by atoms with Gasteiger partial charge in [0.25, 0.3) is 0 Å². The maximum absolute atomic E-state index is 13.0. The second kappa shape index (κ2) is 16.3. The molecule has 11 heteroatoms. The molecule has 2 amide bonds. The van der Waals surface area contributed by atoms with Crippen molar-refractivity contribution in [2.75, 3.05) is 29.9 Å². The summed E-state index contributed by atoms with van der Waals surface area (Å²) in [6, 6.07) is 20.5. The Labute approximate surface area is 278 Å². The summed E-state index contributed by atoms with van der Waals surface area (Å²) >= 11 is 6.36. The van der Waals surface area contributed by atoms with Crippen molar-refractivity contribution in [1.29, 1.82) is 0 Å². The second-order valence-electron chi connectivity index (χ2n) is 12.5. The number of carbonyl (C=O) groups is 2. The van der Waals surface area contributed by atoms with Gasteiger partial charge in [-0.3, -0.25) is 4.79 Å². The van der Waals surface area contributed by atoms with Gasteiger partial charge in [0.15, 0.2) is 0 Å². The van der Waals surface area contributed by atoms with Crippen molar-refractivity contribution < 1.29 is 22.7 Å². The molecule has 0 saturated heterocycles. The van der Waals surface area contributed by atoms with Gasteiger partial charge in [0.1, 0.15) is 5.60 Å². The van der Waals surface area contributed by atoms with Crippen LogP contribution in [0.15, 0.2) is 71.6 Å². The highest BCUT2D eigenvalue weighted by Gasteiger charge is 2.21. The number of sulfonamides is 1. The maximum Gasteiger partial charge on any atom is 0.407 e. The van der Waals surface area contributed by atoms with E-state index in [4.69, 9.17) is 16.3 Å². The van der Waals surface area contributed by atoms with E-state index in [2.05, 4.69) is 38.5 Å². The summed E-state index contributed by atoms with van der Waals surface area (Å²) in [6.45, 7) is 6.89. The Morgan fingerprint density at radius 3 is 2.28 bits per heavy atom. The van der Waals surface area contributed by atoms with Crippen molar-refractivity contribution in [3.8, 4) is 0 Å². The lowest BCUT2D eigenvalue weighted by atomic mass is 10.0. The molecule has 3 aromatic carbocycles. The van der Waals surface area contributed by atoms with Gasteiger partial charge in [-0.1, -0.05) is 48.7 Å². The number of fused-ring (bicyclic) bond motifs is 2. The zero-order valence-corrected chi connectivity index (χ0v) is 28.5. The van der Waals surface area contributed by atoms with Gasteiger partial charge < -0.3 is 20.3 Å². The molecule has 0 aliphatic carbocycles. The van der Waals surface area contributed by atoms with Crippen molar-refractivity contribution in [2.45, 2.75) is 82.6 Å². The summed E-state index contributed by atoms with van der Waals surface area (Å²) in [7, 11) is -3.72. The van der Waals surface area contributed by atoms with E-state index in [0.717, 1.165) is 49.9 Å². The van der Waals surface area contributed by atoms with Crippen molar-refractivity contribution in [2.24, 2.45) is 0 Å². The van der Waals surface area contributed by atoms with Crippen molar-refractivity contribution in [3.63, 3.8) is 0 Å².